The summed E-state index contributed by atoms with van der Waals surface area (Å²) in [6.45, 7) is 3.57. The van der Waals surface area contributed by atoms with Crippen LogP contribution in [0.2, 0.25) is 5.02 Å². The van der Waals surface area contributed by atoms with Gasteiger partial charge in [-0.05, 0) is 30.7 Å². The summed E-state index contributed by atoms with van der Waals surface area (Å²) in [6.07, 6.45) is 3.26. The van der Waals surface area contributed by atoms with Gasteiger partial charge in [0, 0.05) is 36.2 Å². The van der Waals surface area contributed by atoms with Crippen LogP contribution in [0.5, 0.6) is 0 Å². The second kappa shape index (κ2) is 10.6. The first-order valence-corrected chi connectivity index (χ1v) is 9.96. The Bertz CT molecular complexity index is 1140. The van der Waals surface area contributed by atoms with Gasteiger partial charge in [-0.15, -0.1) is 0 Å². The van der Waals surface area contributed by atoms with Gasteiger partial charge in [-0.2, -0.15) is 4.98 Å². The predicted molar refractivity (Wildman–Crippen MR) is 115 cm³/mol. The van der Waals surface area contributed by atoms with Crippen LogP contribution in [0.1, 0.15) is 17.4 Å². The van der Waals surface area contributed by atoms with Crippen LogP contribution in [0, 0.1) is 6.92 Å². The summed E-state index contributed by atoms with van der Waals surface area (Å²) < 4.78 is 5.31. The van der Waals surface area contributed by atoms with Crippen molar-refractivity contribution in [3.05, 3.63) is 53.1 Å². The quantitative estimate of drug-likeness (QED) is 0.459. The second-order valence-electron chi connectivity index (χ2n) is 7.04. The predicted octanol–water partition coefficient (Wildman–Crippen LogP) is 1.68. The van der Waals surface area contributed by atoms with Crippen LogP contribution >= 0.6 is 11.6 Å². The molecule has 3 N–H and O–H groups in total. The molecule has 1 fully saturated rings. The third-order valence-electron chi connectivity index (χ3n) is 4.52. The van der Waals surface area contributed by atoms with Crippen molar-refractivity contribution in [3.63, 3.8) is 0 Å². The zero-order chi connectivity index (χ0) is 24.0. The van der Waals surface area contributed by atoms with Crippen LogP contribution in [0.4, 0.5) is 5.69 Å². The molecule has 0 saturated carbocycles. The smallest absolute Gasteiger partial charge is 0.414 e. The van der Waals surface area contributed by atoms with Crippen LogP contribution in [0.15, 0.2) is 41.2 Å². The van der Waals surface area contributed by atoms with Gasteiger partial charge in [0.05, 0.1) is 12.5 Å². The highest BCUT2D eigenvalue weighted by atomic mass is 35.5. The number of halogens is 1. The summed E-state index contributed by atoms with van der Waals surface area (Å²) >= 11 is 6.08. The summed E-state index contributed by atoms with van der Waals surface area (Å²) in [4.78, 5) is 45.0. The maximum atomic E-state index is 12.2. The summed E-state index contributed by atoms with van der Waals surface area (Å²) in [5.74, 6) is -2.28. The number of carbonyl (C=O) groups is 3. The normalized spacial score (nSPS) is 13.4. The topological polar surface area (TPSA) is 172 Å². The minimum atomic E-state index is -1.82. The first kappa shape index (κ1) is 23.8. The Morgan fingerprint density at radius 3 is 2.42 bits per heavy atom. The van der Waals surface area contributed by atoms with E-state index in [4.69, 9.17) is 35.9 Å². The fourth-order valence-electron chi connectivity index (χ4n) is 2.84. The second-order valence-corrected chi connectivity index (χ2v) is 7.45. The molecule has 12 nitrogen and oxygen atoms in total. The van der Waals surface area contributed by atoms with Crippen LogP contribution < -0.4 is 5.32 Å². The SMILES string of the molecule is Cc1ccc(NC(=O)CN2CC(c3nc(-c4ncccn4)no3)C2)cc1Cl.O=C(O)C(=O)O. The first-order valence-electron chi connectivity index (χ1n) is 9.58. The van der Waals surface area contributed by atoms with E-state index in [-0.39, 0.29) is 11.8 Å². The van der Waals surface area contributed by atoms with Crippen LogP contribution in [-0.2, 0) is 14.4 Å². The number of rotatable bonds is 5. The van der Waals surface area contributed by atoms with Crippen molar-refractivity contribution >= 4 is 35.1 Å². The van der Waals surface area contributed by atoms with Gasteiger partial charge >= 0.3 is 11.9 Å². The number of carboxylic acids is 2. The zero-order valence-corrected chi connectivity index (χ0v) is 18.1. The van der Waals surface area contributed by atoms with Crippen molar-refractivity contribution in [2.45, 2.75) is 12.8 Å². The minimum Gasteiger partial charge on any atom is -0.473 e. The number of hydrogen-bond donors (Lipinski definition) is 3. The van der Waals surface area contributed by atoms with Gasteiger partial charge in [0.15, 0.2) is 0 Å². The molecule has 0 radical (unpaired) electrons. The minimum absolute atomic E-state index is 0.0859. The monoisotopic (exact) mass is 474 g/mol. The first-order chi connectivity index (χ1) is 15.7. The Labute approximate surface area is 192 Å². The number of nitrogens with zero attached hydrogens (tertiary/aromatic N) is 5. The van der Waals surface area contributed by atoms with E-state index in [1.54, 1.807) is 24.5 Å². The van der Waals surface area contributed by atoms with E-state index in [0.29, 0.717) is 47.9 Å². The van der Waals surface area contributed by atoms with Gasteiger partial charge in [-0.1, -0.05) is 22.8 Å². The third kappa shape index (κ3) is 6.54. The van der Waals surface area contributed by atoms with Crippen molar-refractivity contribution in [2.24, 2.45) is 0 Å². The molecule has 1 amide bonds. The van der Waals surface area contributed by atoms with Gasteiger partial charge in [0.2, 0.25) is 23.4 Å². The van der Waals surface area contributed by atoms with Crippen molar-refractivity contribution in [3.8, 4) is 11.6 Å². The number of aliphatic carboxylic acids is 2. The number of aromatic nitrogens is 4. The number of anilines is 1. The van der Waals surface area contributed by atoms with Gasteiger partial charge in [0.1, 0.15) is 0 Å². The van der Waals surface area contributed by atoms with E-state index in [1.165, 1.54) is 0 Å². The summed E-state index contributed by atoms with van der Waals surface area (Å²) in [7, 11) is 0. The molecule has 0 bridgehead atoms. The van der Waals surface area contributed by atoms with Gasteiger partial charge in [-0.25, -0.2) is 19.6 Å². The summed E-state index contributed by atoms with van der Waals surface area (Å²) in [5, 5.41) is 22.2. The lowest BCUT2D eigenvalue weighted by Gasteiger charge is -2.36. The number of carboxylic acid groups (broad SMARTS) is 2. The molecule has 3 heterocycles. The number of nitrogens with one attached hydrogen (secondary N) is 1. The molecule has 4 rings (SSSR count). The maximum absolute atomic E-state index is 12.2. The number of carbonyl (C=O) groups excluding carboxylic acids is 1. The molecule has 33 heavy (non-hydrogen) atoms. The maximum Gasteiger partial charge on any atom is 0.414 e. The van der Waals surface area contributed by atoms with Gasteiger partial charge in [0.25, 0.3) is 0 Å². The highest BCUT2D eigenvalue weighted by Gasteiger charge is 2.33. The summed E-state index contributed by atoms with van der Waals surface area (Å²) in [6, 6.07) is 7.19. The summed E-state index contributed by atoms with van der Waals surface area (Å²) in [5.41, 5.74) is 1.66. The molecular formula is C20H19ClN6O6. The molecule has 0 unspecified atom stereocenters. The molecule has 0 spiro atoms. The number of aryl methyl sites for hydroxylation is 1. The Balaban J connectivity index is 0.000000454. The van der Waals surface area contributed by atoms with Gasteiger partial charge in [-0.3, -0.25) is 9.69 Å². The molecule has 1 aliphatic heterocycles. The Kier molecular flexibility index (Phi) is 7.64. The highest BCUT2D eigenvalue weighted by molar-refractivity contribution is 6.31. The molecule has 2 aromatic heterocycles. The standard InChI is InChI=1S/C18H17ClN6O2.C2H2O4/c1-11-3-4-13(7-14(11)19)22-15(26)10-25-8-12(9-25)18-23-17(24-27-18)16-20-5-2-6-21-16;3-1(4)2(5)6/h2-7,12H,8-10H2,1H3,(H,22,26);(H,3,4)(H,5,6). The fourth-order valence-corrected chi connectivity index (χ4v) is 3.02. The largest absolute Gasteiger partial charge is 0.473 e. The average molecular weight is 475 g/mol. The molecule has 172 valence electrons. The van der Waals surface area contributed by atoms with E-state index >= 15 is 0 Å². The Morgan fingerprint density at radius 2 is 1.82 bits per heavy atom. The van der Waals surface area contributed by atoms with E-state index in [2.05, 4.69) is 25.4 Å². The molecule has 0 atom stereocenters. The molecular weight excluding hydrogens is 456 g/mol. The van der Waals surface area contributed by atoms with Crippen molar-refractivity contribution in [1.29, 1.82) is 0 Å². The number of benzene rings is 1. The highest BCUT2D eigenvalue weighted by Crippen LogP contribution is 2.27. The third-order valence-corrected chi connectivity index (χ3v) is 4.93. The molecule has 0 aliphatic carbocycles. The van der Waals surface area contributed by atoms with Crippen LogP contribution in [0.25, 0.3) is 11.6 Å². The molecule has 13 heteroatoms. The van der Waals surface area contributed by atoms with E-state index in [9.17, 15) is 4.79 Å². The van der Waals surface area contributed by atoms with E-state index in [1.807, 2.05) is 24.0 Å². The van der Waals surface area contributed by atoms with E-state index < -0.39 is 11.9 Å². The van der Waals surface area contributed by atoms with E-state index in [0.717, 1.165) is 5.56 Å². The fraction of sp³-hybridized carbons (Fsp3) is 0.250. The zero-order valence-electron chi connectivity index (χ0n) is 17.3. The molecule has 3 aromatic rings. The van der Waals surface area contributed by atoms with Crippen molar-refractivity contribution < 1.29 is 29.1 Å². The lowest BCUT2D eigenvalue weighted by atomic mass is 10.0. The number of amides is 1. The van der Waals surface area contributed by atoms with Crippen molar-refractivity contribution in [1.82, 2.24) is 25.0 Å². The van der Waals surface area contributed by atoms with Crippen LogP contribution in [-0.4, -0.2) is 72.7 Å². The molecule has 1 aromatic carbocycles. The average Bonchev–Trinajstić information content (AvgIpc) is 3.24. The Hall–Kier alpha value is -3.90. The Morgan fingerprint density at radius 1 is 1.15 bits per heavy atom. The van der Waals surface area contributed by atoms with Gasteiger partial charge < -0.3 is 20.1 Å². The molecule has 1 aliphatic rings. The lowest BCUT2D eigenvalue weighted by Crippen LogP contribution is -2.48. The lowest BCUT2D eigenvalue weighted by molar-refractivity contribution is -0.159. The number of hydrogen-bond acceptors (Lipinski definition) is 9. The van der Waals surface area contributed by atoms with Crippen LogP contribution in [0.3, 0.4) is 0 Å². The molecule has 1 saturated heterocycles. The number of likely N-dealkylation sites (tertiary alicyclic amines) is 1. The van der Waals surface area contributed by atoms with Crippen molar-refractivity contribution in [2.75, 3.05) is 25.0 Å².